The lowest BCUT2D eigenvalue weighted by Crippen LogP contribution is -1.99. The predicted octanol–water partition coefficient (Wildman–Crippen LogP) is 2.13. The number of aromatic amines is 1. The van der Waals surface area contributed by atoms with E-state index in [1.165, 1.54) is 0 Å². The predicted molar refractivity (Wildman–Crippen MR) is 67.7 cm³/mol. The van der Waals surface area contributed by atoms with E-state index in [4.69, 9.17) is 0 Å². The van der Waals surface area contributed by atoms with Gasteiger partial charge in [0.2, 0.25) is 0 Å². The van der Waals surface area contributed by atoms with Crippen LogP contribution in [-0.2, 0) is 7.05 Å². The van der Waals surface area contributed by atoms with E-state index < -0.39 is 0 Å². The summed E-state index contributed by atoms with van der Waals surface area (Å²) in [5, 5.41) is 0. The standard InChI is InChI=1S/C13H15N3O2/c1-4-11(18)12-8(2)9(6-17)13(15-12)10-5-14-7-16(10)3/h5-7,15H,4H2,1-3H3. The number of carbonyl (C=O) groups is 2. The van der Waals surface area contributed by atoms with Gasteiger partial charge in [-0.05, 0) is 12.5 Å². The third-order valence-corrected chi connectivity index (χ3v) is 3.09. The smallest absolute Gasteiger partial charge is 0.179 e. The van der Waals surface area contributed by atoms with Crippen LogP contribution in [-0.4, -0.2) is 26.6 Å². The summed E-state index contributed by atoms with van der Waals surface area (Å²) < 4.78 is 1.80. The zero-order valence-electron chi connectivity index (χ0n) is 10.7. The van der Waals surface area contributed by atoms with Crippen LogP contribution in [0.25, 0.3) is 11.4 Å². The highest BCUT2D eigenvalue weighted by Crippen LogP contribution is 2.26. The van der Waals surface area contributed by atoms with E-state index in [0.29, 0.717) is 28.9 Å². The lowest BCUT2D eigenvalue weighted by molar-refractivity contribution is 0.0983. The number of ketones is 1. The normalized spacial score (nSPS) is 10.6. The first-order valence-electron chi connectivity index (χ1n) is 5.77. The first-order valence-corrected chi connectivity index (χ1v) is 5.77. The number of nitrogens with one attached hydrogen (secondary N) is 1. The maximum absolute atomic E-state index is 11.8. The number of H-pyrrole nitrogens is 1. The third kappa shape index (κ3) is 1.77. The zero-order chi connectivity index (χ0) is 13.3. The summed E-state index contributed by atoms with van der Waals surface area (Å²) in [6.45, 7) is 3.58. The number of Topliss-reactive ketones (excluding diaryl/α,β-unsaturated/α-hetero) is 1. The van der Waals surface area contributed by atoms with Crippen LogP contribution in [0.5, 0.6) is 0 Å². The average molecular weight is 245 g/mol. The highest BCUT2D eigenvalue weighted by molar-refractivity contribution is 6.00. The summed E-state index contributed by atoms with van der Waals surface area (Å²) in [6, 6.07) is 0. The van der Waals surface area contributed by atoms with Crippen LogP contribution >= 0.6 is 0 Å². The molecular weight excluding hydrogens is 230 g/mol. The molecular formula is C13H15N3O2. The molecule has 1 N–H and O–H groups in total. The molecule has 0 aliphatic heterocycles. The van der Waals surface area contributed by atoms with Gasteiger partial charge >= 0.3 is 0 Å². The van der Waals surface area contributed by atoms with Crippen molar-refractivity contribution in [1.82, 2.24) is 14.5 Å². The van der Waals surface area contributed by atoms with Crippen molar-refractivity contribution < 1.29 is 9.59 Å². The van der Waals surface area contributed by atoms with Crippen LogP contribution < -0.4 is 0 Å². The highest BCUT2D eigenvalue weighted by atomic mass is 16.1. The molecule has 2 aromatic rings. The molecule has 2 aromatic heterocycles. The Kier molecular flexibility index (Phi) is 3.14. The van der Waals surface area contributed by atoms with Gasteiger partial charge in [0.05, 0.1) is 29.6 Å². The van der Waals surface area contributed by atoms with Crippen molar-refractivity contribution in [2.45, 2.75) is 20.3 Å². The second-order valence-corrected chi connectivity index (χ2v) is 4.20. The van der Waals surface area contributed by atoms with Gasteiger partial charge in [-0.15, -0.1) is 0 Å². The van der Waals surface area contributed by atoms with Gasteiger partial charge in [0.1, 0.15) is 0 Å². The number of hydrogen-bond acceptors (Lipinski definition) is 3. The Morgan fingerprint density at radius 2 is 2.28 bits per heavy atom. The van der Waals surface area contributed by atoms with Gasteiger partial charge in [0.15, 0.2) is 12.1 Å². The molecule has 0 aliphatic rings. The number of aromatic nitrogens is 3. The molecule has 0 saturated carbocycles. The summed E-state index contributed by atoms with van der Waals surface area (Å²) in [7, 11) is 1.84. The molecule has 0 fully saturated rings. The molecule has 18 heavy (non-hydrogen) atoms. The van der Waals surface area contributed by atoms with E-state index in [-0.39, 0.29) is 5.78 Å². The zero-order valence-corrected chi connectivity index (χ0v) is 10.7. The monoisotopic (exact) mass is 245 g/mol. The first kappa shape index (κ1) is 12.3. The quantitative estimate of drug-likeness (QED) is 0.662. The molecule has 0 radical (unpaired) electrons. The van der Waals surface area contributed by atoms with Gasteiger partial charge in [0.25, 0.3) is 0 Å². The van der Waals surface area contributed by atoms with Crippen LogP contribution in [0, 0.1) is 6.92 Å². The van der Waals surface area contributed by atoms with Crippen LogP contribution in [0.15, 0.2) is 12.5 Å². The van der Waals surface area contributed by atoms with Gasteiger partial charge < -0.3 is 9.55 Å². The molecule has 0 atom stereocenters. The van der Waals surface area contributed by atoms with Crippen LogP contribution in [0.2, 0.25) is 0 Å². The molecule has 2 heterocycles. The molecule has 0 saturated heterocycles. The summed E-state index contributed by atoms with van der Waals surface area (Å²) in [5.74, 6) is 0.00372. The van der Waals surface area contributed by atoms with Gasteiger partial charge in [-0.3, -0.25) is 9.59 Å². The second-order valence-electron chi connectivity index (χ2n) is 4.20. The van der Waals surface area contributed by atoms with Crippen LogP contribution in [0.1, 0.15) is 39.8 Å². The number of aldehydes is 1. The van der Waals surface area contributed by atoms with Crippen molar-refractivity contribution >= 4 is 12.1 Å². The van der Waals surface area contributed by atoms with Crippen molar-refractivity contribution in [2.24, 2.45) is 7.05 Å². The molecule has 0 aromatic carbocycles. The highest BCUT2D eigenvalue weighted by Gasteiger charge is 2.20. The Bertz CT molecular complexity index is 608. The topological polar surface area (TPSA) is 67.8 Å². The fraction of sp³-hybridized carbons (Fsp3) is 0.308. The first-order chi connectivity index (χ1) is 8.60. The number of rotatable bonds is 4. The molecule has 0 amide bonds. The van der Waals surface area contributed by atoms with Gasteiger partial charge in [0, 0.05) is 19.0 Å². The van der Waals surface area contributed by atoms with Gasteiger partial charge in [-0.2, -0.15) is 0 Å². The lowest BCUT2D eigenvalue weighted by atomic mass is 10.1. The SMILES string of the molecule is CCC(=O)c1[nH]c(-c2cncn2C)c(C=O)c1C. The Labute approximate surface area is 105 Å². The third-order valence-electron chi connectivity index (χ3n) is 3.09. The summed E-state index contributed by atoms with van der Waals surface area (Å²) >= 11 is 0. The minimum Gasteiger partial charge on any atom is -0.350 e. The summed E-state index contributed by atoms with van der Waals surface area (Å²) in [6.07, 6.45) is 4.50. The van der Waals surface area contributed by atoms with Crippen molar-refractivity contribution in [3.8, 4) is 11.4 Å². The molecule has 0 bridgehead atoms. The van der Waals surface area contributed by atoms with Crippen LogP contribution in [0.3, 0.4) is 0 Å². The molecule has 0 unspecified atom stereocenters. The maximum atomic E-state index is 11.8. The van der Waals surface area contributed by atoms with Crippen molar-refractivity contribution in [2.75, 3.05) is 0 Å². The number of nitrogens with zero attached hydrogens (tertiary/aromatic N) is 2. The van der Waals surface area contributed by atoms with Crippen LogP contribution in [0.4, 0.5) is 0 Å². The number of hydrogen-bond donors (Lipinski definition) is 1. The number of aryl methyl sites for hydroxylation is 1. The van der Waals surface area contributed by atoms with E-state index in [1.54, 1.807) is 30.9 Å². The summed E-state index contributed by atoms with van der Waals surface area (Å²) in [5.41, 5.74) is 3.17. The molecule has 0 aliphatic carbocycles. The maximum Gasteiger partial charge on any atom is 0.179 e. The van der Waals surface area contributed by atoms with Crippen molar-refractivity contribution in [1.29, 1.82) is 0 Å². The molecule has 94 valence electrons. The summed E-state index contributed by atoms with van der Waals surface area (Å²) in [4.78, 5) is 30.1. The van der Waals surface area contributed by atoms with Crippen molar-refractivity contribution in [3.05, 3.63) is 29.3 Å². The minimum atomic E-state index is 0.00372. The fourth-order valence-electron chi connectivity index (χ4n) is 2.01. The number of carbonyl (C=O) groups excluding carboxylic acids is 2. The van der Waals surface area contributed by atoms with Gasteiger partial charge in [-0.25, -0.2) is 4.98 Å². The Balaban J connectivity index is 2.65. The Morgan fingerprint density at radius 1 is 1.56 bits per heavy atom. The van der Waals surface area contributed by atoms with E-state index in [9.17, 15) is 9.59 Å². The van der Waals surface area contributed by atoms with E-state index in [1.807, 2.05) is 7.05 Å². The molecule has 0 spiro atoms. The Hall–Kier alpha value is -2.17. The lowest BCUT2D eigenvalue weighted by Gasteiger charge is -2.00. The second kappa shape index (κ2) is 4.60. The molecule has 5 nitrogen and oxygen atoms in total. The van der Waals surface area contributed by atoms with E-state index in [2.05, 4.69) is 9.97 Å². The van der Waals surface area contributed by atoms with Gasteiger partial charge in [-0.1, -0.05) is 6.92 Å². The fourth-order valence-corrected chi connectivity index (χ4v) is 2.01. The minimum absolute atomic E-state index is 0.00372. The van der Waals surface area contributed by atoms with E-state index in [0.717, 1.165) is 12.0 Å². The van der Waals surface area contributed by atoms with Crippen molar-refractivity contribution in [3.63, 3.8) is 0 Å². The van der Waals surface area contributed by atoms with E-state index >= 15 is 0 Å². The molecule has 2 rings (SSSR count). The average Bonchev–Trinajstić information content (AvgIpc) is 2.91. The number of imidazole rings is 1. The molecule has 5 heteroatoms. The largest absolute Gasteiger partial charge is 0.350 e. The Morgan fingerprint density at radius 3 is 2.78 bits per heavy atom.